The van der Waals surface area contributed by atoms with Gasteiger partial charge in [-0.15, -0.1) is 0 Å². The van der Waals surface area contributed by atoms with Crippen molar-refractivity contribution >= 4 is 11.9 Å². The van der Waals surface area contributed by atoms with Crippen LogP contribution < -0.4 is 40.0 Å². The SMILES string of the molecule is CCCCCCCCCCCC(=O)NC(C)(C)C(=O)[O-].[Na+]. The van der Waals surface area contributed by atoms with E-state index in [1.54, 1.807) is 0 Å². The van der Waals surface area contributed by atoms with Crippen LogP contribution >= 0.6 is 0 Å². The zero-order valence-electron chi connectivity index (χ0n) is 14.3. The molecule has 0 aromatic carbocycles. The van der Waals surface area contributed by atoms with Gasteiger partial charge in [0.05, 0.1) is 11.5 Å². The fourth-order valence-electron chi connectivity index (χ4n) is 2.06. The van der Waals surface area contributed by atoms with E-state index in [1.807, 2.05) is 0 Å². The van der Waals surface area contributed by atoms with Gasteiger partial charge in [0.25, 0.3) is 0 Å². The molecule has 0 fully saturated rings. The molecular weight excluding hydrogens is 277 g/mol. The molecule has 0 atom stereocenters. The van der Waals surface area contributed by atoms with Crippen molar-refractivity contribution < 1.29 is 44.3 Å². The molecule has 118 valence electrons. The Morgan fingerprint density at radius 1 is 0.905 bits per heavy atom. The number of hydrogen-bond acceptors (Lipinski definition) is 3. The third-order valence-corrected chi connectivity index (χ3v) is 3.47. The number of carboxylic acid groups (broad SMARTS) is 1. The number of carboxylic acids is 1. The monoisotopic (exact) mass is 307 g/mol. The molecule has 0 rings (SSSR count). The van der Waals surface area contributed by atoms with Crippen LogP contribution in [0.5, 0.6) is 0 Å². The molecule has 0 radical (unpaired) electrons. The van der Waals surface area contributed by atoms with Crippen molar-refractivity contribution in [1.82, 2.24) is 5.32 Å². The average Bonchev–Trinajstić information content (AvgIpc) is 2.36. The second-order valence-corrected chi connectivity index (χ2v) is 6.04. The Bertz CT molecular complexity index is 293. The first-order chi connectivity index (χ1) is 9.40. The van der Waals surface area contributed by atoms with Crippen LogP contribution in [-0.4, -0.2) is 17.4 Å². The number of carbonyl (C=O) groups excluding carboxylic acids is 2. The molecule has 4 nitrogen and oxygen atoms in total. The fourth-order valence-corrected chi connectivity index (χ4v) is 2.06. The minimum absolute atomic E-state index is 0. The summed E-state index contributed by atoms with van der Waals surface area (Å²) in [7, 11) is 0. The van der Waals surface area contributed by atoms with Crippen molar-refractivity contribution in [3.05, 3.63) is 0 Å². The molecule has 0 heterocycles. The minimum Gasteiger partial charge on any atom is -0.548 e. The number of rotatable bonds is 12. The van der Waals surface area contributed by atoms with Crippen molar-refractivity contribution in [2.24, 2.45) is 0 Å². The molecule has 0 saturated heterocycles. The summed E-state index contributed by atoms with van der Waals surface area (Å²) < 4.78 is 0. The third-order valence-electron chi connectivity index (χ3n) is 3.47. The van der Waals surface area contributed by atoms with Crippen LogP contribution in [0.3, 0.4) is 0 Å². The minimum atomic E-state index is -1.28. The molecule has 0 aliphatic carbocycles. The Morgan fingerprint density at radius 3 is 1.76 bits per heavy atom. The number of nitrogens with one attached hydrogen (secondary N) is 1. The number of unbranched alkanes of at least 4 members (excludes halogenated alkanes) is 8. The Hall–Kier alpha value is -0.0600. The van der Waals surface area contributed by atoms with Crippen molar-refractivity contribution in [3.63, 3.8) is 0 Å². The number of carbonyl (C=O) groups is 2. The van der Waals surface area contributed by atoms with E-state index in [0.717, 1.165) is 19.3 Å². The largest absolute Gasteiger partial charge is 1.00 e. The maximum absolute atomic E-state index is 11.6. The molecule has 0 aromatic rings. The smallest absolute Gasteiger partial charge is 0.548 e. The van der Waals surface area contributed by atoms with E-state index >= 15 is 0 Å². The predicted molar refractivity (Wildman–Crippen MR) is 79.1 cm³/mol. The van der Waals surface area contributed by atoms with Crippen LogP contribution in [0.25, 0.3) is 0 Å². The summed E-state index contributed by atoms with van der Waals surface area (Å²) in [6.45, 7) is 5.10. The molecular formula is C16H30NNaO3. The van der Waals surface area contributed by atoms with Crippen LogP contribution in [-0.2, 0) is 9.59 Å². The summed E-state index contributed by atoms with van der Waals surface area (Å²) in [5.74, 6) is -1.46. The number of hydrogen-bond donors (Lipinski definition) is 1. The summed E-state index contributed by atoms with van der Waals surface area (Å²) in [5.41, 5.74) is -1.28. The second kappa shape index (κ2) is 13.6. The molecule has 0 aliphatic heterocycles. The van der Waals surface area contributed by atoms with Crippen LogP contribution in [0.4, 0.5) is 0 Å². The standard InChI is InChI=1S/C16H31NO3.Na/c1-4-5-6-7-8-9-10-11-12-13-14(18)17-16(2,3)15(19)20;/h4-13H2,1-3H3,(H,17,18)(H,19,20);/q;+1/p-1. The summed E-state index contributed by atoms with van der Waals surface area (Å²) in [4.78, 5) is 22.3. The first kappa shape index (κ1) is 23.2. The van der Waals surface area contributed by atoms with E-state index < -0.39 is 11.5 Å². The summed E-state index contributed by atoms with van der Waals surface area (Å²) in [6, 6.07) is 0. The van der Waals surface area contributed by atoms with Gasteiger partial charge in [-0.05, 0) is 20.3 Å². The van der Waals surface area contributed by atoms with Gasteiger partial charge in [-0.2, -0.15) is 0 Å². The molecule has 21 heavy (non-hydrogen) atoms. The van der Waals surface area contributed by atoms with Gasteiger partial charge >= 0.3 is 29.6 Å². The Morgan fingerprint density at radius 2 is 1.33 bits per heavy atom. The summed E-state index contributed by atoms with van der Waals surface area (Å²) >= 11 is 0. The molecule has 0 bridgehead atoms. The van der Waals surface area contributed by atoms with Crippen LogP contribution in [0, 0.1) is 0 Å². The Labute approximate surface area is 151 Å². The Kier molecular flexibility index (Phi) is 15.0. The van der Waals surface area contributed by atoms with E-state index in [4.69, 9.17) is 0 Å². The number of aliphatic carboxylic acids is 1. The van der Waals surface area contributed by atoms with Gasteiger partial charge in [-0.25, -0.2) is 0 Å². The van der Waals surface area contributed by atoms with E-state index in [2.05, 4.69) is 12.2 Å². The van der Waals surface area contributed by atoms with E-state index in [9.17, 15) is 14.7 Å². The molecule has 1 amide bonds. The normalized spacial score (nSPS) is 10.8. The van der Waals surface area contributed by atoms with Crippen LogP contribution in [0.1, 0.15) is 85.0 Å². The first-order valence-electron chi connectivity index (χ1n) is 7.92. The molecule has 0 spiro atoms. The van der Waals surface area contributed by atoms with Gasteiger partial charge in [0.1, 0.15) is 0 Å². The molecule has 5 heteroatoms. The van der Waals surface area contributed by atoms with Crippen molar-refractivity contribution in [1.29, 1.82) is 0 Å². The van der Waals surface area contributed by atoms with Crippen molar-refractivity contribution in [2.45, 2.75) is 90.5 Å². The van der Waals surface area contributed by atoms with Crippen LogP contribution in [0.2, 0.25) is 0 Å². The van der Waals surface area contributed by atoms with Gasteiger partial charge in [0, 0.05) is 6.42 Å². The van der Waals surface area contributed by atoms with E-state index in [-0.39, 0.29) is 35.5 Å². The van der Waals surface area contributed by atoms with E-state index in [1.165, 1.54) is 52.4 Å². The first-order valence-corrected chi connectivity index (χ1v) is 7.92. The van der Waals surface area contributed by atoms with Gasteiger partial charge in [0.2, 0.25) is 5.91 Å². The predicted octanol–water partition coefficient (Wildman–Crippen LogP) is -0.444. The quantitative estimate of drug-likeness (QED) is 0.392. The van der Waals surface area contributed by atoms with Crippen molar-refractivity contribution in [3.8, 4) is 0 Å². The maximum atomic E-state index is 11.6. The third kappa shape index (κ3) is 13.3. The summed E-state index contributed by atoms with van der Waals surface area (Å²) in [6.07, 6.45) is 11.2. The number of amides is 1. The van der Waals surface area contributed by atoms with Gasteiger partial charge in [0.15, 0.2) is 0 Å². The zero-order valence-corrected chi connectivity index (χ0v) is 16.3. The average molecular weight is 307 g/mol. The molecule has 0 aliphatic rings. The second-order valence-electron chi connectivity index (χ2n) is 6.04. The van der Waals surface area contributed by atoms with E-state index in [0.29, 0.717) is 6.42 Å². The topological polar surface area (TPSA) is 69.2 Å². The van der Waals surface area contributed by atoms with Gasteiger partial charge in [-0.3, -0.25) is 4.79 Å². The maximum Gasteiger partial charge on any atom is 1.00 e. The van der Waals surface area contributed by atoms with Gasteiger partial charge in [-0.1, -0.05) is 58.3 Å². The fraction of sp³-hybridized carbons (Fsp3) is 0.875. The zero-order chi connectivity index (χ0) is 15.4. The van der Waals surface area contributed by atoms with Crippen LogP contribution in [0.15, 0.2) is 0 Å². The molecule has 1 N–H and O–H groups in total. The van der Waals surface area contributed by atoms with Gasteiger partial charge < -0.3 is 15.2 Å². The Balaban J connectivity index is 0. The molecule has 0 unspecified atom stereocenters. The van der Waals surface area contributed by atoms with Crippen molar-refractivity contribution in [2.75, 3.05) is 0 Å². The molecule has 0 saturated carbocycles. The summed E-state index contributed by atoms with van der Waals surface area (Å²) in [5, 5.41) is 13.2. The molecule has 0 aromatic heterocycles.